The Balaban J connectivity index is 1.65. The van der Waals surface area contributed by atoms with Crippen LogP contribution < -0.4 is 10.5 Å². The van der Waals surface area contributed by atoms with E-state index in [2.05, 4.69) is 0 Å². The van der Waals surface area contributed by atoms with Gasteiger partial charge >= 0.3 is 0 Å². The maximum Gasteiger partial charge on any atom is 0.234 e. The van der Waals surface area contributed by atoms with Crippen molar-refractivity contribution in [3.63, 3.8) is 0 Å². The number of ether oxygens (including phenoxy) is 1. The van der Waals surface area contributed by atoms with Crippen LogP contribution in [0.1, 0.15) is 17.5 Å². The van der Waals surface area contributed by atoms with Crippen molar-refractivity contribution >= 4 is 17.5 Å². The van der Waals surface area contributed by atoms with Gasteiger partial charge in [0.25, 0.3) is 0 Å². The molecule has 1 amide bonds. The molecular formula is C19H19ClF2N2O2. The number of hydrogen-bond acceptors (Lipinski definition) is 3. The lowest BCUT2D eigenvalue weighted by molar-refractivity contribution is -0.122. The van der Waals surface area contributed by atoms with E-state index in [0.717, 1.165) is 5.56 Å². The van der Waals surface area contributed by atoms with Crippen LogP contribution in [0.4, 0.5) is 8.78 Å². The Labute approximate surface area is 155 Å². The molecular weight excluding hydrogens is 362 g/mol. The summed E-state index contributed by atoms with van der Waals surface area (Å²) >= 11 is 6.30. The van der Waals surface area contributed by atoms with Crippen molar-refractivity contribution in [2.75, 3.05) is 6.54 Å². The Kier molecular flexibility index (Phi) is 5.74. The summed E-state index contributed by atoms with van der Waals surface area (Å²) in [6, 6.07) is 10.7. The van der Waals surface area contributed by atoms with Crippen LogP contribution in [0.25, 0.3) is 0 Å². The average molecular weight is 381 g/mol. The lowest BCUT2D eigenvalue weighted by Gasteiger charge is -2.22. The number of halogens is 3. The Morgan fingerprint density at radius 3 is 2.81 bits per heavy atom. The van der Waals surface area contributed by atoms with Crippen LogP contribution in [0.3, 0.4) is 0 Å². The molecule has 2 aromatic carbocycles. The molecule has 1 aliphatic rings. The molecule has 0 radical (unpaired) electrons. The molecule has 2 N–H and O–H groups in total. The number of primary amides is 1. The summed E-state index contributed by atoms with van der Waals surface area (Å²) in [6.45, 7) is 0.700. The van der Waals surface area contributed by atoms with Gasteiger partial charge in [0, 0.05) is 24.5 Å². The zero-order valence-corrected chi connectivity index (χ0v) is 14.8. The zero-order valence-electron chi connectivity index (χ0n) is 14.0. The minimum atomic E-state index is -1.07. The molecule has 0 unspecified atom stereocenters. The second-order valence-electron chi connectivity index (χ2n) is 6.35. The first kappa shape index (κ1) is 18.6. The highest BCUT2D eigenvalue weighted by Crippen LogP contribution is 2.28. The van der Waals surface area contributed by atoms with Crippen LogP contribution in [-0.4, -0.2) is 29.6 Å². The Morgan fingerprint density at radius 1 is 1.31 bits per heavy atom. The van der Waals surface area contributed by atoms with Crippen LogP contribution in [0.2, 0.25) is 5.02 Å². The van der Waals surface area contributed by atoms with Crippen LogP contribution in [0.15, 0.2) is 42.5 Å². The molecule has 0 saturated carbocycles. The fourth-order valence-corrected chi connectivity index (χ4v) is 3.31. The molecule has 138 valence electrons. The van der Waals surface area contributed by atoms with Crippen molar-refractivity contribution < 1.29 is 18.3 Å². The Hall–Kier alpha value is -2.18. The van der Waals surface area contributed by atoms with Crippen molar-refractivity contribution in [2.24, 2.45) is 5.73 Å². The molecule has 1 fully saturated rings. The minimum absolute atomic E-state index is 0.113. The molecule has 1 saturated heterocycles. The van der Waals surface area contributed by atoms with E-state index in [0.29, 0.717) is 22.9 Å². The molecule has 1 aliphatic heterocycles. The molecule has 3 rings (SSSR count). The molecule has 4 nitrogen and oxygen atoms in total. The smallest absolute Gasteiger partial charge is 0.234 e. The second-order valence-corrected chi connectivity index (χ2v) is 6.76. The number of alkyl halides is 1. The minimum Gasteiger partial charge on any atom is -0.489 e. The maximum atomic E-state index is 13.6. The highest BCUT2D eigenvalue weighted by molar-refractivity contribution is 6.31. The van der Waals surface area contributed by atoms with E-state index in [1.54, 1.807) is 35.2 Å². The van der Waals surface area contributed by atoms with Gasteiger partial charge in [-0.1, -0.05) is 29.8 Å². The highest BCUT2D eigenvalue weighted by atomic mass is 35.5. The number of carbonyl (C=O) groups excluding carboxylic acids is 1. The number of amides is 1. The van der Waals surface area contributed by atoms with Gasteiger partial charge in [-0.25, -0.2) is 8.78 Å². The molecule has 2 aromatic rings. The summed E-state index contributed by atoms with van der Waals surface area (Å²) in [5, 5.41) is 0.451. The summed E-state index contributed by atoms with van der Waals surface area (Å²) in [5.41, 5.74) is 6.81. The summed E-state index contributed by atoms with van der Waals surface area (Å²) < 4.78 is 32.4. The Morgan fingerprint density at radius 2 is 2.12 bits per heavy atom. The van der Waals surface area contributed by atoms with Gasteiger partial charge in [-0.15, -0.1) is 0 Å². The molecule has 1 heterocycles. The van der Waals surface area contributed by atoms with E-state index in [4.69, 9.17) is 22.1 Å². The average Bonchev–Trinajstić information content (AvgIpc) is 2.96. The molecule has 26 heavy (non-hydrogen) atoms. The first-order chi connectivity index (χ1) is 12.4. The quantitative estimate of drug-likeness (QED) is 0.835. The molecule has 0 bridgehead atoms. The van der Waals surface area contributed by atoms with Crippen molar-refractivity contribution in [3.05, 3.63) is 64.4 Å². The fraction of sp³-hybridized carbons (Fsp3) is 0.316. The Bertz CT molecular complexity index is 803. The molecule has 7 heteroatoms. The van der Waals surface area contributed by atoms with E-state index >= 15 is 0 Å². The van der Waals surface area contributed by atoms with E-state index in [1.807, 2.05) is 0 Å². The number of rotatable bonds is 6. The van der Waals surface area contributed by atoms with Crippen molar-refractivity contribution in [1.82, 2.24) is 4.90 Å². The summed E-state index contributed by atoms with van der Waals surface area (Å²) in [5.74, 6) is -0.309. The number of benzene rings is 2. The van der Waals surface area contributed by atoms with Gasteiger partial charge in [-0.2, -0.15) is 0 Å². The number of likely N-dealkylation sites (tertiary alicyclic amines) is 1. The highest BCUT2D eigenvalue weighted by Gasteiger charge is 2.35. The predicted molar refractivity (Wildman–Crippen MR) is 95.1 cm³/mol. The van der Waals surface area contributed by atoms with Crippen molar-refractivity contribution in [1.29, 1.82) is 0 Å². The third-order valence-electron chi connectivity index (χ3n) is 4.37. The number of nitrogens with two attached hydrogens (primary N) is 1. The van der Waals surface area contributed by atoms with E-state index in [-0.39, 0.29) is 25.4 Å². The lowest BCUT2D eigenvalue weighted by Crippen LogP contribution is -2.39. The number of hydrogen-bond donors (Lipinski definition) is 1. The molecule has 0 aromatic heterocycles. The normalized spacial score (nSPS) is 20.3. The summed E-state index contributed by atoms with van der Waals surface area (Å²) in [4.78, 5) is 13.2. The van der Waals surface area contributed by atoms with Crippen molar-refractivity contribution in [3.8, 4) is 5.75 Å². The van der Waals surface area contributed by atoms with E-state index in [9.17, 15) is 13.6 Å². The molecule has 2 atom stereocenters. The fourth-order valence-electron chi connectivity index (χ4n) is 3.08. The van der Waals surface area contributed by atoms with Gasteiger partial charge in [0.2, 0.25) is 5.91 Å². The summed E-state index contributed by atoms with van der Waals surface area (Å²) in [7, 11) is 0. The number of nitrogens with zero attached hydrogens (tertiary/aromatic N) is 1. The topological polar surface area (TPSA) is 55.6 Å². The van der Waals surface area contributed by atoms with Gasteiger partial charge in [0.05, 0.1) is 6.04 Å². The first-order valence-corrected chi connectivity index (χ1v) is 8.63. The van der Waals surface area contributed by atoms with Crippen LogP contribution in [0, 0.1) is 5.82 Å². The number of carbonyl (C=O) groups is 1. The zero-order chi connectivity index (χ0) is 18.7. The van der Waals surface area contributed by atoms with Crippen molar-refractivity contribution in [2.45, 2.75) is 31.8 Å². The van der Waals surface area contributed by atoms with E-state index < -0.39 is 18.1 Å². The lowest BCUT2D eigenvalue weighted by atomic mass is 10.1. The monoisotopic (exact) mass is 380 g/mol. The largest absolute Gasteiger partial charge is 0.489 e. The predicted octanol–water partition coefficient (Wildman–Crippen LogP) is 3.46. The SMILES string of the molecule is NC(=O)[C@@H]1C[C@H](F)CN1Cc1ccc(OCc2cccc(F)c2)cc1Cl. The standard InChI is InChI=1S/C19H19ClF2N2O2/c20-17-8-16(26-11-12-2-1-3-14(21)6-12)5-4-13(17)9-24-10-15(22)7-18(24)19(23)25/h1-6,8,15,18H,7,9-11H2,(H2,23,25)/t15-,18-/m0/s1. The first-order valence-electron chi connectivity index (χ1n) is 8.25. The summed E-state index contributed by atoms with van der Waals surface area (Å²) in [6.07, 6.45) is -0.956. The van der Waals surface area contributed by atoms with Crippen LogP contribution in [0.5, 0.6) is 5.75 Å². The van der Waals surface area contributed by atoms with Gasteiger partial charge in [-0.05, 0) is 35.4 Å². The maximum absolute atomic E-state index is 13.6. The van der Waals surface area contributed by atoms with Gasteiger partial charge in [0.1, 0.15) is 24.3 Å². The van der Waals surface area contributed by atoms with Crippen LogP contribution >= 0.6 is 11.6 Å². The van der Waals surface area contributed by atoms with Gasteiger partial charge < -0.3 is 10.5 Å². The molecule has 0 aliphatic carbocycles. The third-order valence-corrected chi connectivity index (χ3v) is 4.73. The van der Waals surface area contributed by atoms with Crippen LogP contribution in [-0.2, 0) is 17.9 Å². The van der Waals surface area contributed by atoms with Gasteiger partial charge in [0.15, 0.2) is 0 Å². The van der Waals surface area contributed by atoms with Gasteiger partial charge in [-0.3, -0.25) is 9.69 Å². The molecule has 0 spiro atoms. The second kappa shape index (κ2) is 8.01. The van der Waals surface area contributed by atoms with E-state index in [1.165, 1.54) is 12.1 Å². The third kappa shape index (κ3) is 4.51.